The van der Waals surface area contributed by atoms with Crippen molar-refractivity contribution in [3.8, 4) is 0 Å². The molecular formula is C9H19N3O. The molecule has 0 aromatic heterocycles. The summed E-state index contributed by atoms with van der Waals surface area (Å²) in [5.74, 6) is 0. The van der Waals surface area contributed by atoms with E-state index in [9.17, 15) is 4.79 Å². The molecule has 13 heavy (non-hydrogen) atoms. The zero-order valence-electron chi connectivity index (χ0n) is 8.42. The van der Waals surface area contributed by atoms with Crippen LogP contribution in [0.1, 0.15) is 33.1 Å². The fourth-order valence-corrected chi connectivity index (χ4v) is 1.57. The second-order valence-corrected chi connectivity index (χ2v) is 4.50. The van der Waals surface area contributed by atoms with Gasteiger partial charge >= 0.3 is 6.03 Å². The molecule has 0 aliphatic carbocycles. The highest BCUT2D eigenvalue weighted by Gasteiger charge is 2.31. The van der Waals surface area contributed by atoms with Gasteiger partial charge in [0.2, 0.25) is 0 Å². The molecule has 1 aliphatic rings. The topological polar surface area (TPSA) is 72.3 Å². The first-order valence-electron chi connectivity index (χ1n) is 4.75. The molecule has 2 amide bonds. The van der Waals surface area contributed by atoms with Crippen LogP contribution < -0.4 is 11.5 Å². The second kappa shape index (κ2) is 3.54. The van der Waals surface area contributed by atoms with Crippen molar-refractivity contribution in [2.45, 2.75) is 44.7 Å². The van der Waals surface area contributed by atoms with E-state index in [0.29, 0.717) is 6.04 Å². The van der Waals surface area contributed by atoms with Crippen LogP contribution in [0.3, 0.4) is 0 Å². The van der Waals surface area contributed by atoms with Crippen molar-refractivity contribution in [2.75, 3.05) is 6.54 Å². The van der Waals surface area contributed by atoms with E-state index >= 15 is 0 Å². The van der Waals surface area contributed by atoms with Crippen molar-refractivity contribution >= 4 is 6.03 Å². The molecule has 0 radical (unpaired) electrons. The second-order valence-electron chi connectivity index (χ2n) is 4.50. The van der Waals surface area contributed by atoms with Gasteiger partial charge < -0.3 is 16.4 Å². The van der Waals surface area contributed by atoms with Gasteiger partial charge in [0.15, 0.2) is 0 Å². The zero-order valence-corrected chi connectivity index (χ0v) is 8.42. The Kier molecular flexibility index (Phi) is 2.81. The quantitative estimate of drug-likeness (QED) is 0.677. The fraction of sp³-hybridized carbons (Fsp3) is 0.889. The van der Waals surface area contributed by atoms with Gasteiger partial charge in [-0.3, -0.25) is 0 Å². The summed E-state index contributed by atoms with van der Waals surface area (Å²) >= 11 is 0. The van der Waals surface area contributed by atoms with E-state index in [4.69, 9.17) is 11.5 Å². The molecule has 4 nitrogen and oxygen atoms in total. The minimum Gasteiger partial charge on any atom is -0.351 e. The Morgan fingerprint density at radius 3 is 2.54 bits per heavy atom. The molecule has 1 saturated heterocycles. The van der Waals surface area contributed by atoms with E-state index in [1.54, 1.807) is 4.90 Å². The Morgan fingerprint density at radius 1 is 1.62 bits per heavy atom. The number of carbonyl (C=O) groups is 1. The number of nitrogens with two attached hydrogens (primary N) is 2. The van der Waals surface area contributed by atoms with E-state index < -0.39 is 0 Å². The highest BCUT2D eigenvalue weighted by Crippen LogP contribution is 2.23. The number of urea groups is 1. The van der Waals surface area contributed by atoms with E-state index in [0.717, 1.165) is 25.8 Å². The van der Waals surface area contributed by atoms with Gasteiger partial charge in [0, 0.05) is 18.1 Å². The average molecular weight is 185 g/mol. The minimum absolute atomic E-state index is 0.140. The maximum Gasteiger partial charge on any atom is 0.315 e. The molecule has 1 unspecified atom stereocenters. The monoisotopic (exact) mass is 185 g/mol. The van der Waals surface area contributed by atoms with Crippen molar-refractivity contribution < 1.29 is 4.79 Å². The van der Waals surface area contributed by atoms with Crippen LogP contribution in [-0.4, -0.2) is 29.1 Å². The van der Waals surface area contributed by atoms with Gasteiger partial charge in [0.05, 0.1) is 0 Å². The van der Waals surface area contributed by atoms with Crippen molar-refractivity contribution in [2.24, 2.45) is 11.5 Å². The molecule has 1 rings (SSSR count). The zero-order chi connectivity index (χ0) is 10.1. The third kappa shape index (κ3) is 2.88. The van der Waals surface area contributed by atoms with Crippen LogP contribution in [0.4, 0.5) is 4.79 Å². The predicted octanol–water partition coefficient (Wildman–Crippen LogP) is 0.657. The van der Waals surface area contributed by atoms with Gasteiger partial charge in [0.1, 0.15) is 0 Å². The maximum absolute atomic E-state index is 10.8. The summed E-state index contributed by atoms with van der Waals surface area (Å²) in [5, 5.41) is 0. The van der Waals surface area contributed by atoms with E-state index in [-0.39, 0.29) is 11.6 Å². The van der Waals surface area contributed by atoms with Crippen LogP contribution in [0, 0.1) is 0 Å². The minimum atomic E-state index is -0.300. The SMILES string of the molecule is CC(C)(N)CCC1CCN1C(N)=O. The molecule has 1 aliphatic heterocycles. The molecule has 1 fully saturated rings. The van der Waals surface area contributed by atoms with E-state index in [1.807, 2.05) is 13.8 Å². The number of hydrogen-bond acceptors (Lipinski definition) is 2. The lowest BCUT2D eigenvalue weighted by molar-refractivity contribution is 0.111. The predicted molar refractivity (Wildman–Crippen MR) is 52.2 cm³/mol. The molecule has 1 heterocycles. The smallest absolute Gasteiger partial charge is 0.315 e. The third-order valence-corrected chi connectivity index (χ3v) is 2.55. The Balaban J connectivity index is 2.27. The molecule has 0 aromatic rings. The van der Waals surface area contributed by atoms with E-state index in [2.05, 4.69) is 0 Å². The third-order valence-electron chi connectivity index (χ3n) is 2.55. The summed E-state index contributed by atoms with van der Waals surface area (Å²) in [6.45, 7) is 4.81. The first-order valence-corrected chi connectivity index (χ1v) is 4.75. The van der Waals surface area contributed by atoms with Crippen LogP contribution in [0.2, 0.25) is 0 Å². The first kappa shape index (κ1) is 10.3. The van der Waals surface area contributed by atoms with Crippen LogP contribution in [0.15, 0.2) is 0 Å². The summed E-state index contributed by atoms with van der Waals surface area (Å²) < 4.78 is 0. The van der Waals surface area contributed by atoms with Gasteiger partial charge in [0.25, 0.3) is 0 Å². The highest BCUT2D eigenvalue weighted by molar-refractivity contribution is 5.73. The molecule has 4 N–H and O–H groups in total. The molecule has 0 spiro atoms. The van der Waals surface area contributed by atoms with Crippen LogP contribution in [0.25, 0.3) is 0 Å². The number of hydrogen-bond donors (Lipinski definition) is 2. The van der Waals surface area contributed by atoms with Crippen molar-refractivity contribution in [3.05, 3.63) is 0 Å². The van der Waals surface area contributed by atoms with Crippen molar-refractivity contribution in [3.63, 3.8) is 0 Å². The highest BCUT2D eigenvalue weighted by atomic mass is 16.2. The average Bonchev–Trinajstić information content (AvgIpc) is 1.79. The van der Waals surface area contributed by atoms with Crippen LogP contribution >= 0.6 is 0 Å². The van der Waals surface area contributed by atoms with Crippen LogP contribution in [0.5, 0.6) is 0 Å². The van der Waals surface area contributed by atoms with Gasteiger partial charge in [-0.25, -0.2) is 4.79 Å². The van der Waals surface area contributed by atoms with Gasteiger partial charge in [-0.15, -0.1) is 0 Å². The van der Waals surface area contributed by atoms with Gasteiger partial charge in [-0.2, -0.15) is 0 Å². The Labute approximate surface area is 79.3 Å². The number of likely N-dealkylation sites (tertiary alicyclic amines) is 1. The molecule has 0 aromatic carbocycles. The van der Waals surface area contributed by atoms with E-state index in [1.165, 1.54) is 0 Å². The Morgan fingerprint density at radius 2 is 2.23 bits per heavy atom. The first-order chi connectivity index (χ1) is 5.90. The normalized spacial score (nSPS) is 22.7. The van der Waals surface area contributed by atoms with Gasteiger partial charge in [-0.1, -0.05) is 0 Å². The lowest BCUT2D eigenvalue weighted by Crippen LogP contribution is -2.54. The molecule has 4 heteroatoms. The number of rotatable bonds is 3. The molecule has 0 bridgehead atoms. The van der Waals surface area contributed by atoms with Crippen molar-refractivity contribution in [1.82, 2.24) is 4.90 Å². The standard InChI is InChI=1S/C9H19N3O/c1-9(2,11)5-3-7-4-6-12(7)8(10)13/h7H,3-6,11H2,1-2H3,(H2,10,13). The summed E-state index contributed by atoms with van der Waals surface area (Å²) in [6, 6.07) is 0.0337. The summed E-state index contributed by atoms with van der Waals surface area (Å²) in [5.41, 5.74) is 10.9. The molecule has 0 saturated carbocycles. The molecular weight excluding hydrogens is 166 g/mol. The number of carbonyl (C=O) groups excluding carboxylic acids is 1. The number of nitrogens with zero attached hydrogens (tertiary/aromatic N) is 1. The summed E-state index contributed by atoms with van der Waals surface area (Å²) in [7, 11) is 0. The maximum atomic E-state index is 10.8. The summed E-state index contributed by atoms with van der Waals surface area (Å²) in [4.78, 5) is 12.5. The Bertz CT molecular complexity index is 198. The fourth-order valence-electron chi connectivity index (χ4n) is 1.57. The summed E-state index contributed by atoms with van der Waals surface area (Å²) in [6.07, 6.45) is 2.97. The van der Waals surface area contributed by atoms with Crippen molar-refractivity contribution in [1.29, 1.82) is 0 Å². The lowest BCUT2D eigenvalue weighted by Gasteiger charge is -2.40. The largest absolute Gasteiger partial charge is 0.351 e. The lowest BCUT2D eigenvalue weighted by atomic mass is 9.91. The van der Waals surface area contributed by atoms with Gasteiger partial charge in [-0.05, 0) is 33.1 Å². The number of primary amides is 1. The van der Waals surface area contributed by atoms with Crippen LogP contribution in [-0.2, 0) is 0 Å². The molecule has 76 valence electrons. The Hall–Kier alpha value is -0.770. The number of amides is 2. The molecule has 1 atom stereocenters.